The minimum Gasteiger partial charge on any atom is -0.490 e. The fourth-order valence-electron chi connectivity index (χ4n) is 3.00. The number of nitriles is 1. The van der Waals surface area contributed by atoms with Crippen molar-refractivity contribution in [2.24, 2.45) is 0 Å². The zero-order valence-electron chi connectivity index (χ0n) is 18.5. The molecule has 8 heteroatoms. The van der Waals surface area contributed by atoms with Gasteiger partial charge in [-0.3, -0.25) is 4.79 Å². The average Bonchev–Trinajstić information content (AvgIpc) is 2.80. The SMILES string of the molecule is CCOc1cc(/C=C(\C#N)C(=O)Nc2ccc(Cl)c(Cl)c2)cc(Br)c1OCc1ccc(C)cc1. The van der Waals surface area contributed by atoms with Crippen molar-refractivity contribution in [3.05, 3.63) is 91.4 Å². The lowest BCUT2D eigenvalue weighted by Crippen LogP contribution is -2.13. The van der Waals surface area contributed by atoms with E-state index in [-0.39, 0.29) is 5.57 Å². The predicted octanol–water partition coefficient (Wildman–Crippen LogP) is 7.59. The van der Waals surface area contributed by atoms with Crippen molar-refractivity contribution in [1.82, 2.24) is 0 Å². The van der Waals surface area contributed by atoms with Gasteiger partial charge in [0.1, 0.15) is 18.2 Å². The summed E-state index contributed by atoms with van der Waals surface area (Å²) in [6.45, 7) is 4.68. The standard InChI is InChI=1S/C26H21BrCl2N2O3/c1-3-33-24-12-18(11-21(27)25(24)34-15-17-6-4-16(2)5-7-17)10-19(14-30)26(32)31-20-8-9-22(28)23(29)13-20/h4-13H,3,15H2,1-2H3,(H,31,32)/b19-10+. The molecular weight excluding hydrogens is 539 g/mol. The number of hydrogen-bond donors (Lipinski definition) is 1. The summed E-state index contributed by atoms with van der Waals surface area (Å²) in [5.41, 5.74) is 3.13. The number of ether oxygens (including phenoxy) is 2. The Morgan fingerprint density at radius 1 is 1.09 bits per heavy atom. The van der Waals surface area contributed by atoms with Crippen molar-refractivity contribution >= 4 is 56.8 Å². The van der Waals surface area contributed by atoms with Crippen LogP contribution in [0.4, 0.5) is 5.69 Å². The monoisotopic (exact) mass is 558 g/mol. The largest absolute Gasteiger partial charge is 0.490 e. The number of hydrogen-bond acceptors (Lipinski definition) is 4. The van der Waals surface area contributed by atoms with Gasteiger partial charge in [0.25, 0.3) is 5.91 Å². The fraction of sp³-hybridized carbons (Fsp3) is 0.154. The second-order valence-corrected chi connectivity index (χ2v) is 8.96. The van der Waals surface area contributed by atoms with Gasteiger partial charge >= 0.3 is 0 Å². The highest BCUT2D eigenvalue weighted by atomic mass is 79.9. The van der Waals surface area contributed by atoms with Crippen LogP contribution in [0.15, 0.2) is 64.6 Å². The number of anilines is 1. The maximum Gasteiger partial charge on any atom is 0.266 e. The molecule has 0 radical (unpaired) electrons. The molecule has 0 aliphatic carbocycles. The molecule has 0 bridgehead atoms. The third-order valence-corrected chi connectivity index (χ3v) is 6.02. The Labute approximate surface area is 217 Å². The van der Waals surface area contributed by atoms with E-state index >= 15 is 0 Å². The molecule has 1 amide bonds. The summed E-state index contributed by atoms with van der Waals surface area (Å²) in [6, 6.07) is 18.2. The van der Waals surface area contributed by atoms with Crippen LogP contribution in [0.2, 0.25) is 10.0 Å². The van der Waals surface area contributed by atoms with Crippen LogP contribution in [0, 0.1) is 18.3 Å². The second-order valence-electron chi connectivity index (χ2n) is 7.29. The maximum atomic E-state index is 12.6. The first-order valence-corrected chi connectivity index (χ1v) is 11.9. The quantitative estimate of drug-likeness (QED) is 0.228. The Morgan fingerprint density at radius 3 is 2.47 bits per heavy atom. The van der Waals surface area contributed by atoms with E-state index in [0.29, 0.717) is 50.5 Å². The maximum absolute atomic E-state index is 12.6. The average molecular weight is 560 g/mol. The van der Waals surface area contributed by atoms with Crippen LogP contribution in [-0.2, 0) is 11.4 Å². The molecule has 1 N–H and O–H groups in total. The van der Waals surface area contributed by atoms with Crippen LogP contribution < -0.4 is 14.8 Å². The molecule has 0 aromatic heterocycles. The van der Waals surface area contributed by atoms with Gasteiger partial charge < -0.3 is 14.8 Å². The summed E-state index contributed by atoms with van der Waals surface area (Å²) in [7, 11) is 0. The predicted molar refractivity (Wildman–Crippen MR) is 140 cm³/mol. The van der Waals surface area contributed by atoms with E-state index in [1.807, 2.05) is 44.2 Å². The minimum absolute atomic E-state index is 0.0891. The van der Waals surface area contributed by atoms with Crippen molar-refractivity contribution in [3.8, 4) is 17.6 Å². The van der Waals surface area contributed by atoms with Gasteiger partial charge in [-0.05, 0) is 77.3 Å². The van der Waals surface area contributed by atoms with Gasteiger partial charge in [-0.25, -0.2) is 0 Å². The first-order chi connectivity index (χ1) is 16.3. The molecule has 0 saturated carbocycles. The van der Waals surface area contributed by atoms with Gasteiger partial charge in [-0.1, -0.05) is 53.0 Å². The topological polar surface area (TPSA) is 71.3 Å². The van der Waals surface area contributed by atoms with Crippen LogP contribution in [-0.4, -0.2) is 12.5 Å². The van der Waals surface area contributed by atoms with Crippen molar-refractivity contribution < 1.29 is 14.3 Å². The van der Waals surface area contributed by atoms with Crippen molar-refractivity contribution in [2.75, 3.05) is 11.9 Å². The molecule has 0 aliphatic heterocycles. The molecule has 0 spiro atoms. The Balaban J connectivity index is 1.84. The minimum atomic E-state index is -0.574. The fourth-order valence-corrected chi connectivity index (χ4v) is 3.87. The lowest BCUT2D eigenvalue weighted by Gasteiger charge is -2.15. The van der Waals surface area contributed by atoms with E-state index in [9.17, 15) is 10.1 Å². The molecule has 3 aromatic carbocycles. The molecule has 5 nitrogen and oxygen atoms in total. The number of rotatable bonds is 8. The van der Waals surface area contributed by atoms with Gasteiger partial charge in [-0.2, -0.15) is 5.26 Å². The number of aryl methyl sites for hydroxylation is 1. The van der Waals surface area contributed by atoms with Gasteiger partial charge in [-0.15, -0.1) is 0 Å². The van der Waals surface area contributed by atoms with Crippen LogP contribution >= 0.6 is 39.1 Å². The Hall–Kier alpha value is -2.98. The molecule has 0 atom stereocenters. The molecule has 0 heterocycles. The number of carbonyl (C=O) groups is 1. The molecule has 3 aromatic rings. The molecular formula is C26H21BrCl2N2O3. The summed E-state index contributed by atoms with van der Waals surface area (Å²) in [6.07, 6.45) is 1.48. The van der Waals surface area contributed by atoms with Gasteiger partial charge in [0.05, 0.1) is 21.1 Å². The van der Waals surface area contributed by atoms with Crippen LogP contribution in [0.25, 0.3) is 6.08 Å². The summed E-state index contributed by atoms with van der Waals surface area (Å²) in [5, 5.41) is 12.9. The number of nitrogens with zero attached hydrogens (tertiary/aromatic N) is 1. The van der Waals surface area contributed by atoms with Gasteiger partial charge in [0.2, 0.25) is 0 Å². The lowest BCUT2D eigenvalue weighted by atomic mass is 10.1. The third kappa shape index (κ3) is 6.77. The van der Waals surface area contributed by atoms with E-state index < -0.39 is 5.91 Å². The van der Waals surface area contributed by atoms with Gasteiger partial charge in [0, 0.05) is 5.69 Å². The van der Waals surface area contributed by atoms with Crippen LogP contribution in [0.1, 0.15) is 23.6 Å². The highest BCUT2D eigenvalue weighted by Gasteiger charge is 2.15. The molecule has 3 rings (SSSR count). The van der Waals surface area contributed by atoms with E-state index in [1.54, 1.807) is 24.3 Å². The highest BCUT2D eigenvalue weighted by Crippen LogP contribution is 2.38. The number of benzene rings is 3. The number of carbonyl (C=O) groups excluding carboxylic acids is 1. The first-order valence-electron chi connectivity index (χ1n) is 10.3. The first kappa shape index (κ1) is 25.6. The van der Waals surface area contributed by atoms with Crippen molar-refractivity contribution in [2.45, 2.75) is 20.5 Å². The third-order valence-electron chi connectivity index (χ3n) is 4.69. The zero-order chi connectivity index (χ0) is 24.7. The lowest BCUT2D eigenvalue weighted by molar-refractivity contribution is -0.112. The smallest absolute Gasteiger partial charge is 0.266 e. The molecule has 0 aliphatic rings. The zero-order valence-corrected chi connectivity index (χ0v) is 21.6. The van der Waals surface area contributed by atoms with E-state index in [0.717, 1.165) is 5.56 Å². The molecule has 0 saturated heterocycles. The van der Waals surface area contributed by atoms with E-state index in [2.05, 4.69) is 21.2 Å². The summed E-state index contributed by atoms with van der Waals surface area (Å²) in [5.74, 6) is 0.463. The Morgan fingerprint density at radius 2 is 1.82 bits per heavy atom. The van der Waals surface area contributed by atoms with Crippen LogP contribution in [0.5, 0.6) is 11.5 Å². The molecule has 174 valence electrons. The molecule has 0 fully saturated rings. The Bertz CT molecular complexity index is 1270. The number of amides is 1. The number of halogens is 3. The summed E-state index contributed by atoms with van der Waals surface area (Å²) >= 11 is 15.4. The van der Waals surface area contributed by atoms with Crippen molar-refractivity contribution in [1.29, 1.82) is 5.26 Å². The van der Waals surface area contributed by atoms with E-state index in [4.69, 9.17) is 32.7 Å². The van der Waals surface area contributed by atoms with Gasteiger partial charge in [0.15, 0.2) is 11.5 Å². The summed E-state index contributed by atoms with van der Waals surface area (Å²) < 4.78 is 12.4. The van der Waals surface area contributed by atoms with Crippen LogP contribution in [0.3, 0.4) is 0 Å². The van der Waals surface area contributed by atoms with Crippen molar-refractivity contribution in [3.63, 3.8) is 0 Å². The van der Waals surface area contributed by atoms with E-state index in [1.165, 1.54) is 17.7 Å². The highest BCUT2D eigenvalue weighted by molar-refractivity contribution is 9.10. The normalized spacial score (nSPS) is 11.0. The second kappa shape index (κ2) is 11.9. The molecule has 34 heavy (non-hydrogen) atoms. The Kier molecular flexibility index (Phi) is 9.00. The molecule has 0 unspecified atom stereocenters. The number of nitrogens with one attached hydrogen (secondary N) is 1. The summed E-state index contributed by atoms with van der Waals surface area (Å²) in [4.78, 5) is 12.6.